The van der Waals surface area contributed by atoms with Gasteiger partial charge in [0.05, 0.1) is 6.20 Å². The lowest BCUT2D eigenvalue weighted by Gasteiger charge is -2.14. The van der Waals surface area contributed by atoms with Crippen LogP contribution >= 0.6 is 0 Å². The van der Waals surface area contributed by atoms with Crippen LogP contribution in [0, 0.1) is 13.8 Å². The minimum Gasteiger partial charge on any atom is -0.343 e. The molecule has 0 aliphatic rings. The lowest BCUT2D eigenvalue weighted by atomic mass is 10.3. The lowest BCUT2D eigenvalue weighted by Crippen LogP contribution is -2.21. The Morgan fingerprint density at radius 1 is 1.33 bits per heavy atom. The number of rotatable bonds is 5. The SMILES string of the molecule is Cc1cc(C)n2ncc(CN(C)CCc3ncon3)c2n1. The number of likely N-dealkylation sites (N-methyl/N-ethyl adjacent to an activating group) is 1. The van der Waals surface area contributed by atoms with E-state index in [0.717, 1.165) is 47.9 Å². The van der Waals surface area contributed by atoms with Gasteiger partial charge in [-0.15, -0.1) is 0 Å². The van der Waals surface area contributed by atoms with Gasteiger partial charge in [0.25, 0.3) is 0 Å². The van der Waals surface area contributed by atoms with Crippen LogP contribution in [0.25, 0.3) is 5.65 Å². The third-order valence-electron chi connectivity index (χ3n) is 3.42. The molecule has 21 heavy (non-hydrogen) atoms. The zero-order chi connectivity index (χ0) is 14.8. The maximum absolute atomic E-state index is 4.73. The summed E-state index contributed by atoms with van der Waals surface area (Å²) >= 11 is 0. The molecule has 0 fully saturated rings. The van der Waals surface area contributed by atoms with E-state index in [1.54, 1.807) is 0 Å². The first-order chi connectivity index (χ1) is 10.1. The average Bonchev–Trinajstić information content (AvgIpc) is 3.07. The van der Waals surface area contributed by atoms with Crippen LogP contribution < -0.4 is 0 Å². The molecule has 0 aromatic carbocycles. The molecule has 0 saturated heterocycles. The number of aryl methyl sites for hydroxylation is 2. The van der Waals surface area contributed by atoms with E-state index in [2.05, 4.69) is 32.2 Å². The van der Waals surface area contributed by atoms with Crippen LogP contribution in [0.3, 0.4) is 0 Å². The van der Waals surface area contributed by atoms with Crippen LogP contribution in [0.15, 0.2) is 23.2 Å². The Hall–Kier alpha value is -2.28. The quantitative estimate of drug-likeness (QED) is 0.706. The molecule has 0 radical (unpaired) electrons. The maximum atomic E-state index is 4.73. The van der Waals surface area contributed by atoms with E-state index in [9.17, 15) is 0 Å². The van der Waals surface area contributed by atoms with Crippen molar-refractivity contribution in [1.82, 2.24) is 29.6 Å². The van der Waals surface area contributed by atoms with Gasteiger partial charge in [0.15, 0.2) is 11.5 Å². The molecule has 3 aromatic rings. The Labute approximate surface area is 122 Å². The molecule has 110 valence electrons. The second-order valence-corrected chi connectivity index (χ2v) is 5.28. The molecule has 0 atom stereocenters. The second kappa shape index (κ2) is 5.61. The summed E-state index contributed by atoms with van der Waals surface area (Å²) < 4.78 is 6.62. The van der Waals surface area contributed by atoms with Gasteiger partial charge in [0.2, 0.25) is 6.39 Å². The van der Waals surface area contributed by atoms with Crippen molar-refractivity contribution in [3.8, 4) is 0 Å². The highest BCUT2D eigenvalue weighted by molar-refractivity contribution is 5.47. The maximum Gasteiger partial charge on any atom is 0.213 e. The van der Waals surface area contributed by atoms with Crippen molar-refractivity contribution in [2.24, 2.45) is 0 Å². The third kappa shape index (κ3) is 2.92. The van der Waals surface area contributed by atoms with E-state index >= 15 is 0 Å². The van der Waals surface area contributed by atoms with Gasteiger partial charge in [-0.25, -0.2) is 9.50 Å². The van der Waals surface area contributed by atoms with Gasteiger partial charge in [-0.05, 0) is 27.0 Å². The number of aromatic nitrogens is 5. The number of nitrogens with zero attached hydrogens (tertiary/aromatic N) is 6. The standard InChI is InChI=1S/C14H18N6O/c1-10-6-11(2)20-14(17-10)12(7-16-20)8-19(3)5-4-13-15-9-21-18-13/h6-7,9H,4-5,8H2,1-3H3. The summed E-state index contributed by atoms with van der Waals surface area (Å²) in [6.07, 6.45) is 4.01. The first kappa shape index (κ1) is 13.7. The van der Waals surface area contributed by atoms with Gasteiger partial charge in [-0.3, -0.25) is 0 Å². The summed E-state index contributed by atoms with van der Waals surface area (Å²) in [5.74, 6) is 0.728. The largest absolute Gasteiger partial charge is 0.343 e. The lowest BCUT2D eigenvalue weighted by molar-refractivity contribution is 0.326. The molecule has 7 nitrogen and oxygen atoms in total. The zero-order valence-corrected chi connectivity index (χ0v) is 12.4. The molecular weight excluding hydrogens is 268 g/mol. The normalized spacial score (nSPS) is 11.6. The summed E-state index contributed by atoms with van der Waals surface area (Å²) in [6, 6.07) is 2.03. The van der Waals surface area contributed by atoms with Gasteiger partial charge in [-0.2, -0.15) is 10.1 Å². The molecule has 3 heterocycles. The molecule has 0 N–H and O–H groups in total. The molecule has 3 aromatic heterocycles. The van der Waals surface area contributed by atoms with E-state index in [4.69, 9.17) is 4.52 Å². The topological polar surface area (TPSA) is 72.3 Å². The summed E-state index contributed by atoms with van der Waals surface area (Å²) in [7, 11) is 2.06. The Balaban J connectivity index is 1.72. The number of fused-ring (bicyclic) bond motifs is 1. The molecule has 0 aliphatic carbocycles. The van der Waals surface area contributed by atoms with Crippen molar-refractivity contribution in [2.45, 2.75) is 26.8 Å². The molecule has 3 rings (SSSR count). The van der Waals surface area contributed by atoms with Gasteiger partial charge in [0.1, 0.15) is 0 Å². The molecule has 0 spiro atoms. The minimum atomic E-state index is 0.728. The summed E-state index contributed by atoms with van der Waals surface area (Å²) in [5, 5.41) is 8.23. The van der Waals surface area contributed by atoms with Crippen molar-refractivity contribution < 1.29 is 4.52 Å². The van der Waals surface area contributed by atoms with Crippen LogP contribution in [0.5, 0.6) is 0 Å². The van der Waals surface area contributed by atoms with E-state index < -0.39 is 0 Å². The predicted octanol–water partition coefficient (Wildman–Crippen LogP) is 1.40. The average molecular weight is 286 g/mol. The Kier molecular flexibility index (Phi) is 3.66. The van der Waals surface area contributed by atoms with Crippen LogP contribution in [0.1, 0.15) is 22.8 Å². The second-order valence-electron chi connectivity index (χ2n) is 5.28. The minimum absolute atomic E-state index is 0.728. The van der Waals surface area contributed by atoms with Crippen molar-refractivity contribution in [3.05, 3.63) is 41.4 Å². The van der Waals surface area contributed by atoms with Crippen molar-refractivity contribution in [2.75, 3.05) is 13.6 Å². The monoisotopic (exact) mass is 286 g/mol. The molecule has 0 amide bonds. The number of hydrogen-bond acceptors (Lipinski definition) is 6. The smallest absolute Gasteiger partial charge is 0.213 e. The Morgan fingerprint density at radius 2 is 2.19 bits per heavy atom. The van der Waals surface area contributed by atoms with E-state index in [0.29, 0.717) is 0 Å². The molecule has 0 bridgehead atoms. The molecule has 7 heteroatoms. The van der Waals surface area contributed by atoms with E-state index in [-0.39, 0.29) is 0 Å². The van der Waals surface area contributed by atoms with Crippen LogP contribution in [-0.2, 0) is 13.0 Å². The van der Waals surface area contributed by atoms with Gasteiger partial charge < -0.3 is 9.42 Å². The number of hydrogen-bond donors (Lipinski definition) is 0. The summed E-state index contributed by atoms with van der Waals surface area (Å²) in [4.78, 5) is 10.8. The summed E-state index contributed by atoms with van der Waals surface area (Å²) in [5.41, 5.74) is 4.16. The van der Waals surface area contributed by atoms with Crippen LogP contribution in [0.2, 0.25) is 0 Å². The molecular formula is C14H18N6O. The summed E-state index contributed by atoms with van der Waals surface area (Å²) in [6.45, 7) is 5.68. The first-order valence-corrected chi connectivity index (χ1v) is 6.88. The third-order valence-corrected chi connectivity index (χ3v) is 3.42. The fourth-order valence-corrected chi connectivity index (χ4v) is 2.39. The molecule has 0 aliphatic heterocycles. The highest BCUT2D eigenvalue weighted by atomic mass is 16.5. The van der Waals surface area contributed by atoms with Gasteiger partial charge >= 0.3 is 0 Å². The van der Waals surface area contributed by atoms with E-state index in [1.165, 1.54) is 6.39 Å². The van der Waals surface area contributed by atoms with Crippen LogP contribution in [0.4, 0.5) is 0 Å². The highest BCUT2D eigenvalue weighted by Gasteiger charge is 2.11. The van der Waals surface area contributed by atoms with Gasteiger partial charge in [-0.1, -0.05) is 5.16 Å². The first-order valence-electron chi connectivity index (χ1n) is 6.88. The van der Waals surface area contributed by atoms with Crippen molar-refractivity contribution in [1.29, 1.82) is 0 Å². The molecule has 0 saturated carbocycles. The Bertz CT molecular complexity index is 733. The fourth-order valence-electron chi connectivity index (χ4n) is 2.39. The van der Waals surface area contributed by atoms with Gasteiger partial charge in [0, 0.05) is 36.5 Å². The highest BCUT2D eigenvalue weighted by Crippen LogP contribution is 2.13. The zero-order valence-electron chi connectivity index (χ0n) is 12.4. The predicted molar refractivity (Wildman–Crippen MR) is 76.8 cm³/mol. The fraction of sp³-hybridized carbons (Fsp3) is 0.429. The van der Waals surface area contributed by atoms with Crippen LogP contribution in [-0.4, -0.2) is 43.2 Å². The van der Waals surface area contributed by atoms with Crippen molar-refractivity contribution >= 4 is 5.65 Å². The molecule has 0 unspecified atom stereocenters. The Morgan fingerprint density at radius 3 is 2.95 bits per heavy atom. The van der Waals surface area contributed by atoms with E-state index in [1.807, 2.05) is 30.6 Å². The van der Waals surface area contributed by atoms with Crippen molar-refractivity contribution in [3.63, 3.8) is 0 Å².